The van der Waals surface area contributed by atoms with Crippen molar-refractivity contribution in [2.45, 2.75) is 52.1 Å². The summed E-state index contributed by atoms with van der Waals surface area (Å²) in [5.41, 5.74) is 3.22. The van der Waals surface area contributed by atoms with Crippen LogP contribution in [0.5, 0.6) is 0 Å². The number of hydrogen-bond acceptors (Lipinski definition) is 3. The van der Waals surface area contributed by atoms with E-state index in [9.17, 15) is 4.79 Å². The molecule has 2 heterocycles. The topological polar surface area (TPSA) is 38.1 Å². The first-order valence-corrected chi connectivity index (χ1v) is 8.23. The summed E-state index contributed by atoms with van der Waals surface area (Å²) in [6.45, 7) is 6.02. The van der Waals surface area contributed by atoms with E-state index in [1.54, 1.807) is 10.9 Å². The molecular formula is C18H25N3O. The van der Waals surface area contributed by atoms with Crippen LogP contribution in [0.15, 0.2) is 23.3 Å². The molecule has 22 heavy (non-hydrogen) atoms. The maximum Gasteiger partial charge on any atom is 0.261 e. The molecule has 0 spiro atoms. The molecule has 1 aromatic heterocycles. The van der Waals surface area contributed by atoms with Gasteiger partial charge >= 0.3 is 0 Å². The fourth-order valence-corrected chi connectivity index (χ4v) is 3.43. The van der Waals surface area contributed by atoms with Crippen molar-refractivity contribution in [3.8, 4) is 0 Å². The third-order valence-electron chi connectivity index (χ3n) is 5.14. The van der Waals surface area contributed by atoms with Gasteiger partial charge in [0, 0.05) is 12.6 Å². The first kappa shape index (κ1) is 15.2. The van der Waals surface area contributed by atoms with Crippen LogP contribution < -0.4 is 5.56 Å². The molecule has 1 aliphatic heterocycles. The van der Waals surface area contributed by atoms with E-state index in [4.69, 9.17) is 0 Å². The van der Waals surface area contributed by atoms with E-state index in [1.165, 1.54) is 31.4 Å². The fraction of sp³-hybridized carbons (Fsp3) is 0.556. The van der Waals surface area contributed by atoms with Gasteiger partial charge in [-0.05, 0) is 63.9 Å². The van der Waals surface area contributed by atoms with Gasteiger partial charge in [-0.25, -0.2) is 4.98 Å². The van der Waals surface area contributed by atoms with Crippen molar-refractivity contribution in [2.75, 3.05) is 13.6 Å². The molecule has 4 heteroatoms. The average molecular weight is 299 g/mol. The van der Waals surface area contributed by atoms with Gasteiger partial charge in [-0.15, -0.1) is 0 Å². The molecule has 3 rings (SSSR count). The zero-order chi connectivity index (χ0) is 15.7. The first-order valence-electron chi connectivity index (χ1n) is 8.23. The second-order valence-electron chi connectivity index (χ2n) is 6.57. The molecule has 2 aromatic rings. The van der Waals surface area contributed by atoms with Crippen molar-refractivity contribution in [1.82, 2.24) is 14.5 Å². The molecule has 1 aliphatic rings. The highest BCUT2D eigenvalue weighted by molar-refractivity contribution is 5.81. The summed E-state index contributed by atoms with van der Waals surface area (Å²) in [4.78, 5) is 19.6. The maximum absolute atomic E-state index is 12.7. The van der Waals surface area contributed by atoms with E-state index in [2.05, 4.69) is 23.9 Å². The Balaban J connectivity index is 1.84. The number of piperidine rings is 1. The van der Waals surface area contributed by atoms with E-state index >= 15 is 0 Å². The van der Waals surface area contributed by atoms with Gasteiger partial charge in [0.15, 0.2) is 0 Å². The predicted molar refractivity (Wildman–Crippen MR) is 90.4 cm³/mol. The molecule has 118 valence electrons. The van der Waals surface area contributed by atoms with Crippen LogP contribution in [0.2, 0.25) is 0 Å². The van der Waals surface area contributed by atoms with Crippen LogP contribution >= 0.6 is 0 Å². The molecule has 0 radical (unpaired) electrons. The van der Waals surface area contributed by atoms with E-state index in [-0.39, 0.29) is 5.56 Å². The molecule has 1 atom stereocenters. The van der Waals surface area contributed by atoms with Crippen LogP contribution in [0.1, 0.15) is 36.8 Å². The number of benzene rings is 1. The van der Waals surface area contributed by atoms with Crippen LogP contribution in [0, 0.1) is 13.8 Å². The number of nitrogens with zero attached hydrogens (tertiary/aromatic N) is 3. The lowest BCUT2D eigenvalue weighted by atomic mass is 10.00. The van der Waals surface area contributed by atoms with E-state index in [1.807, 2.05) is 19.1 Å². The third-order valence-corrected chi connectivity index (χ3v) is 5.14. The molecule has 0 unspecified atom stereocenters. The van der Waals surface area contributed by atoms with Crippen molar-refractivity contribution in [3.05, 3.63) is 39.9 Å². The molecule has 0 amide bonds. The lowest BCUT2D eigenvalue weighted by Gasteiger charge is -2.32. The first-order chi connectivity index (χ1) is 10.6. The van der Waals surface area contributed by atoms with Crippen LogP contribution in [0.3, 0.4) is 0 Å². The fourth-order valence-electron chi connectivity index (χ4n) is 3.43. The van der Waals surface area contributed by atoms with Crippen molar-refractivity contribution in [1.29, 1.82) is 0 Å². The Bertz CT molecular complexity index is 735. The Labute approximate surface area is 131 Å². The van der Waals surface area contributed by atoms with Gasteiger partial charge in [-0.1, -0.05) is 12.5 Å². The minimum atomic E-state index is 0.0894. The average Bonchev–Trinajstić information content (AvgIpc) is 2.52. The van der Waals surface area contributed by atoms with Gasteiger partial charge in [0.25, 0.3) is 5.56 Å². The SMILES string of the molecule is Cc1ccc2c(=O)n(CC[C@@H]3CCCCN3C)cnc2c1C. The molecular weight excluding hydrogens is 274 g/mol. The van der Waals surface area contributed by atoms with Gasteiger partial charge in [0.2, 0.25) is 0 Å². The minimum Gasteiger partial charge on any atom is -0.303 e. The summed E-state index contributed by atoms with van der Waals surface area (Å²) in [7, 11) is 2.19. The molecule has 1 aromatic carbocycles. The minimum absolute atomic E-state index is 0.0894. The van der Waals surface area contributed by atoms with E-state index < -0.39 is 0 Å². The zero-order valence-corrected chi connectivity index (χ0v) is 13.8. The molecule has 1 fully saturated rings. The largest absolute Gasteiger partial charge is 0.303 e. The van der Waals surface area contributed by atoms with Gasteiger partial charge in [-0.2, -0.15) is 0 Å². The highest BCUT2D eigenvalue weighted by Crippen LogP contribution is 2.19. The highest BCUT2D eigenvalue weighted by atomic mass is 16.1. The monoisotopic (exact) mass is 299 g/mol. The quantitative estimate of drug-likeness (QED) is 0.874. The lowest BCUT2D eigenvalue weighted by molar-refractivity contribution is 0.170. The van der Waals surface area contributed by atoms with Crippen molar-refractivity contribution in [3.63, 3.8) is 0 Å². The molecule has 0 N–H and O–H groups in total. The summed E-state index contributed by atoms with van der Waals surface area (Å²) in [6.07, 6.45) is 6.58. The van der Waals surface area contributed by atoms with Crippen LogP contribution in [0.25, 0.3) is 10.9 Å². The standard InChI is InChI=1S/C18H25N3O/c1-13-7-8-16-17(14(13)2)19-12-21(18(16)22)11-9-15-6-4-5-10-20(15)3/h7-8,12,15H,4-6,9-11H2,1-3H3/t15-/m0/s1. The van der Waals surface area contributed by atoms with Crippen molar-refractivity contribution >= 4 is 10.9 Å². The van der Waals surface area contributed by atoms with Gasteiger partial charge in [0.1, 0.15) is 0 Å². The highest BCUT2D eigenvalue weighted by Gasteiger charge is 2.18. The third kappa shape index (κ3) is 2.80. The number of aromatic nitrogens is 2. The maximum atomic E-state index is 12.7. The van der Waals surface area contributed by atoms with Crippen molar-refractivity contribution in [2.24, 2.45) is 0 Å². The number of fused-ring (bicyclic) bond motifs is 1. The Kier molecular flexibility index (Phi) is 4.30. The van der Waals surface area contributed by atoms with Crippen LogP contribution in [-0.2, 0) is 6.54 Å². The molecule has 0 aliphatic carbocycles. The zero-order valence-electron chi connectivity index (χ0n) is 13.8. The summed E-state index contributed by atoms with van der Waals surface area (Å²) in [5, 5.41) is 0.739. The van der Waals surface area contributed by atoms with Gasteiger partial charge in [-0.3, -0.25) is 9.36 Å². The van der Waals surface area contributed by atoms with Gasteiger partial charge < -0.3 is 4.90 Å². The normalized spacial score (nSPS) is 19.7. The number of rotatable bonds is 3. The Hall–Kier alpha value is -1.68. The van der Waals surface area contributed by atoms with E-state index in [0.29, 0.717) is 6.04 Å². The Morgan fingerprint density at radius 1 is 1.27 bits per heavy atom. The summed E-state index contributed by atoms with van der Waals surface area (Å²) >= 11 is 0. The number of aryl methyl sites for hydroxylation is 3. The second kappa shape index (κ2) is 6.21. The van der Waals surface area contributed by atoms with Crippen LogP contribution in [-0.4, -0.2) is 34.1 Å². The molecule has 1 saturated heterocycles. The summed E-state index contributed by atoms with van der Waals surface area (Å²) in [6, 6.07) is 4.52. The molecule has 0 bridgehead atoms. The van der Waals surface area contributed by atoms with Crippen LogP contribution in [0.4, 0.5) is 0 Å². The lowest BCUT2D eigenvalue weighted by Crippen LogP contribution is -2.37. The van der Waals surface area contributed by atoms with Crippen molar-refractivity contribution < 1.29 is 0 Å². The predicted octanol–water partition coefficient (Wildman–Crippen LogP) is 2.89. The summed E-state index contributed by atoms with van der Waals surface area (Å²) in [5.74, 6) is 0. The molecule has 4 nitrogen and oxygen atoms in total. The van der Waals surface area contributed by atoms with Gasteiger partial charge in [0.05, 0.1) is 17.2 Å². The Morgan fingerprint density at radius 2 is 2.09 bits per heavy atom. The Morgan fingerprint density at radius 3 is 2.86 bits per heavy atom. The molecule has 0 saturated carbocycles. The second-order valence-corrected chi connectivity index (χ2v) is 6.57. The number of hydrogen-bond donors (Lipinski definition) is 0. The summed E-state index contributed by atoms with van der Waals surface area (Å²) < 4.78 is 1.78. The number of likely N-dealkylation sites (tertiary alicyclic amines) is 1. The van der Waals surface area contributed by atoms with E-state index in [0.717, 1.165) is 29.4 Å². The smallest absolute Gasteiger partial charge is 0.261 e.